The molecule has 2 aromatic rings. The second-order valence-corrected chi connectivity index (χ2v) is 5.24. The average molecular weight is 268 g/mol. The fourth-order valence-electron chi connectivity index (χ4n) is 2.15. The summed E-state index contributed by atoms with van der Waals surface area (Å²) in [6.45, 7) is 7.91. The number of ether oxygens (including phenoxy) is 1. The van der Waals surface area contributed by atoms with Crippen LogP contribution in [-0.2, 0) is 0 Å². The zero-order valence-electron chi connectivity index (χ0n) is 12.4. The topological polar surface area (TPSA) is 26.3 Å². The number of benzene rings is 2. The van der Waals surface area contributed by atoms with E-state index in [0.29, 0.717) is 11.3 Å². The predicted molar refractivity (Wildman–Crippen MR) is 81.6 cm³/mol. The van der Waals surface area contributed by atoms with Gasteiger partial charge in [-0.2, -0.15) is 0 Å². The maximum Gasteiger partial charge on any atom is 0.197 e. The molecule has 2 aromatic carbocycles. The van der Waals surface area contributed by atoms with Gasteiger partial charge in [-0.3, -0.25) is 4.79 Å². The van der Waals surface area contributed by atoms with Crippen LogP contribution in [0.1, 0.15) is 40.9 Å². The number of hydrogen-bond donors (Lipinski definition) is 0. The number of carbonyl (C=O) groups is 1. The van der Waals surface area contributed by atoms with Crippen LogP contribution in [0.4, 0.5) is 0 Å². The molecule has 0 aromatic heterocycles. The van der Waals surface area contributed by atoms with Gasteiger partial charge in [0.2, 0.25) is 0 Å². The molecule has 0 aliphatic heterocycles. The third kappa shape index (κ3) is 2.90. The van der Waals surface area contributed by atoms with E-state index in [4.69, 9.17) is 4.74 Å². The van der Waals surface area contributed by atoms with Crippen molar-refractivity contribution in [3.05, 3.63) is 64.7 Å². The molecule has 20 heavy (non-hydrogen) atoms. The quantitative estimate of drug-likeness (QED) is 0.772. The molecule has 0 aliphatic carbocycles. The van der Waals surface area contributed by atoms with Crippen LogP contribution in [0.25, 0.3) is 0 Å². The summed E-state index contributed by atoms with van der Waals surface area (Å²) < 4.78 is 5.74. The highest BCUT2D eigenvalue weighted by atomic mass is 16.5. The minimum Gasteiger partial charge on any atom is -0.490 e. The molecule has 0 unspecified atom stereocenters. The number of aryl methyl sites for hydroxylation is 1. The Labute approximate surface area is 120 Å². The van der Waals surface area contributed by atoms with Gasteiger partial charge in [0.15, 0.2) is 5.78 Å². The van der Waals surface area contributed by atoms with Crippen molar-refractivity contribution in [1.29, 1.82) is 0 Å². The Hall–Kier alpha value is -2.09. The molecule has 0 aliphatic rings. The second-order valence-electron chi connectivity index (χ2n) is 5.24. The van der Waals surface area contributed by atoms with Gasteiger partial charge in [0, 0.05) is 5.56 Å². The van der Waals surface area contributed by atoms with Gasteiger partial charge in [-0.05, 0) is 51.0 Å². The monoisotopic (exact) mass is 268 g/mol. The largest absolute Gasteiger partial charge is 0.490 e. The first-order valence-corrected chi connectivity index (χ1v) is 6.87. The summed E-state index contributed by atoms with van der Waals surface area (Å²) in [6, 6.07) is 13.2. The standard InChI is InChI=1S/C18H20O2/c1-12(2)20-17-11-6-5-9-16(17)18(19)15-10-7-8-13(3)14(15)4/h5-12H,1-4H3. The molecule has 104 valence electrons. The maximum atomic E-state index is 12.7. The Balaban J connectivity index is 2.46. The lowest BCUT2D eigenvalue weighted by Crippen LogP contribution is -2.11. The van der Waals surface area contributed by atoms with Gasteiger partial charge in [-0.25, -0.2) is 0 Å². The Bertz CT molecular complexity index is 627. The Morgan fingerprint density at radius 3 is 2.30 bits per heavy atom. The van der Waals surface area contributed by atoms with E-state index in [1.54, 1.807) is 0 Å². The van der Waals surface area contributed by atoms with Crippen LogP contribution in [0, 0.1) is 13.8 Å². The number of ketones is 1. The summed E-state index contributed by atoms with van der Waals surface area (Å²) in [6.07, 6.45) is 0.0440. The van der Waals surface area contributed by atoms with Crippen LogP contribution in [0.2, 0.25) is 0 Å². The van der Waals surface area contributed by atoms with E-state index < -0.39 is 0 Å². The molecular formula is C18H20O2. The molecular weight excluding hydrogens is 248 g/mol. The highest BCUT2D eigenvalue weighted by molar-refractivity contribution is 6.11. The van der Waals surface area contributed by atoms with Crippen molar-refractivity contribution in [2.45, 2.75) is 33.8 Å². The summed E-state index contributed by atoms with van der Waals surface area (Å²) >= 11 is 0. The molecule has 0 atom stereocenters. The van der Waals surface area contributed by atoms with Gasteiger partial charge in [0.25, 0.3) is 0 Å². The molecule has 0 amide bonds. The van der Waals surface area contributed by atoms with Crippen molar-refractivity contribution in [2.75, 3.05) is 0 Å². The summed E-state index contributed by atoms with van der Waals surface area (Å²) in [4.78, 5) is 12.7. The molecule has 2 nitrogen and oxygen atoms in total. The van der Waals surface area contributed by atoms with Gasteiger partial charge in [-0.15, -0.1) is 0 Å². The molecule has 0 N–H and O–H groups in total. The second kappa shape index (κ2) is 5.91. The van der Waals surface area contributed by atoms with Crippen molar-refractivity contribution in [1.82, 2.24) is 0 Å². The lowest BCUT2D eigenvalue weighted by Gasteiger charge is -2.14. The number of hydrogen-bond acceptors (Lipinski definition) is 2. The SMILES string of the molecule is Cc1cccc(C(=O)c2ccccc2OC(C)C)c1C. The number of carbonyl (C=O) groups excluding carboxylic acids is 1. The van der Waals surface area contributed by atoms with Crippen LogP contribution in [0.3, 0.4) is 0 Å². The number of rotatable bonds is 4. The molecule has 0 fully saturated rings. The zero-order chi connectivity index (χ0) is 14.7. The lowest BCUT2D eigenvalue weighted by molar-refractivity contribution is 0.103. The summed E-state index contributed by atoms with van der Waals surface area (Å²) in [5.41, 5.74) is 3.51. The maximum absolute atomic E-state index is 12.7. The first-order valence-electron chi connectivity index (χ1n) is 6.87. The molecule has 0 heterocycles. The van der Waals surface area contributed by atoms with Gasteiger partial charge in [0.1, 0.15) is 5.75 Å². The van der Waals surface area contributed by atoms with Crippen molar-refractivity contribution in [3.63, 3.8) is 0 Å². The van der Waals surface area contributed by atoms with Gasteiger partial charge >= 0.3 is 0 Å². The first-order chi connectivity index (χ1) is 9.50. The summed E-state index contributed by atoms with van der Waals surface area (Å²) in [7, 11) is 0. The van der Waals surface area contributed by atoms with E-state index in [1.165, 1.54) is 0 Å². The Morgan fingerprint density at radius 1 is 0.950 bits per heavy atom. The smallest absolute Gasteiger partial charge is 0.197 e. The molecule has 2 rings (SSSR count). The molecule has 0 radical (unpaired) electrons. The fraction of sp³-hybridized carbons (Fsp3) is 0.278. The summed E-state index contributed by atoms with van der Waals surface area (Å²) in [5, 5.41) is 0. The van der Waals surface area contributed by atoms with Crippen molar-refractivity contribution >= 4 is 5.78 Å². The van der Waals surface area contributed by atoms with Crippen LogP contribution in [-0.4, -0.2) is 11.9 Å². The van der Waals surface area contributed by atoms with E-state index in [9.17, 15) is 4.79 Å². The van der Waals surface area contributed by atoms with E-state index in [-0.39, 0.29) is 11.9 Å². The highest BCUT2D eigenvalue weighted by Gasteiger charge is 2.17. The molecule has 2 heteroatoms. The lowest BCUT2D eigenvalue weighted by atomic mass is 9.96. The zero-order valence-corrected chi connectivity index (χ0v) is 12.4. The minimum absolute atomic E-state index is 0.0162. The van der Waals surface area contributed by atoms with E-state index >= 15 is 0 Å². The van der Waals surface area contributed by atoms with Crippen molar-refractivity contribution < 1.29 is 9.53 Å². The van der Waals surface area contributed by atoms with Crippen molar-refractivity contribution in [3.8, 4) is 5.75 Å². The van der Waals surface area contributed by atoms with E-state index in [1.807, 2.05) is 70.2 Å². The predicted octanol–water partition coefficient (Wildman–Crippen LogP) is 4.32. The average Bonchev–Trinajstić information content (AvgIpc) is 2.41. The third-order valence-corrected chi connectivity index (χ3v) is 3.34. The molecule has 0 saturated carbocycles. The van der Waals surface area contributed by atoms with Crippen LogP contribution in [0.15, 0.2) is 42.5 Å². The molecule has 0 bridgehead atoms. The third-order valence-electron chi connectivity index (χ3n) is 3.34. The molecule has 0 spiro atoms. The minimum atomic E-state index is 0.0162. The number of para-hydroxylation sites is 1. The van der Waals surface area contributed by atoms with E-state index in [0.717, 1.165) is 16.7 Å². The normalized spacial score (nSPS) is 10.7. The van der Waals surface area contributed by atoms with Gasteiger partial charge < -0.3 is 4.74 Å². The van der Waals surface area contributed by atoms with Crippen LogP contribution < -0.4 is 4.74 Å². The highest BCUT2D eigenvalue weighted by Crippen LogP contribution is 2.24. The van der Waals surface area contributed by atoms with Gasteiger partial charge in [-0.1, -0.05) is 30.3 Å². The molecule has 0 saturated heterocycles. The Morgan fingerprint density at radius 2 is 1.60 bits per heavy atom. The van der Waals surface area contributed by atoms with Crippen LogP contribution in [0.5, 0.6) is 5.75 Å². The van der Waals surface area contributed by atoms with Crippen LogP contribution >= 0.6 is 0 Å². The van der Waals surface area contributed by atoms with E-state index in [2.05, 4.69) is 0 Å². The summed E-state index contributed by atoms with van der Waals surface area (Å²) in [5.74, 6) is 0.663. The fourth-order valence-corrected chi connectivity index (χ4v) is 2.15. The Kier molecular flexibility index (Phi) is 4.23. The van der Waals surface area contributed by atoms with Crippen molar-refractivity contribution in [2.24, 2.45) is 0 Å². The van der Waals surface area contributed by atoms with Gasteiger partial charge in [0.05, 0.1) is 11.7 Å². The first kappa shape index (κ1) is 14.3.